The minimum Gasteiger partial charge on any atom is -0.465 e. The summed E-state index contributed by atoms with van der Waals surface area (Å²) in [5.74, 6) is 0.0902. The first kappa shape index (κ1) is 20.5. The average molecular weight is 467 g/mol. The van der Waals surface area contributed by atoms with Gasteiger partial charge in [-0.05, 0) is 12.1 Å². The summed E-state index contributed by atoms with van der Waals surface area (Å²) < 4.78 is 21.7. The largest absolute Gasteiger partial charge is 0.465 e. The molecule has 31 heavy (non-hydrogen) atoms. The minimum atomic E-state index is -0.643. The van der Waals surface area contributed by atoms with Crippen LogP contribution in [0, 0.1) is 0 Å². The molecular weight excluding hydrogens is 448 g/mol. The molecule has 2 saturated heterocycles. The molecular formula is C19H19ClN4O6S. The summed E-state index contributed by atoms with van der Waals surface area (Å²) >= 11 is 7.80. The van der Waals surface area contributed by atoms with Crippen molar-refractivity contribution in [3.05, 3.63) is 33.0 Å². The predicted molar refractivity (Wildman–Crippen MR) is 112 cm³/mol. The number of aromatic amines is 1. The second kappa shape index (κ2) is 8.24. The van der Waals surface area contributed by atoms with Crippen molar-refractivity contribution in [2.45, 2.75) is 31.0 Å². The van der Waals surface area contributed by atoms with E-state index in [2.05, 4.69) is 20.3 Å². The summed E-state index contributed by atoms with van der Waals surface area (Å²) in [5, 5.41) is 15.2. The average Bonchev–Trinajstić information content (AvgIpc) is 3.52. The lowest BCUT2D eigenvalue weighted by Gasteiger charge is -2.15. The first-order valence-electron chi connectivity index (χ1n) is 9.55. The number of H-pyrrole nitrogens is 1. The van der Waals surface area contributed by atoms with Crippen LogP contribution in [0.5, 0.6) is 6.01 Å². The summed E-state index contributed by atoms with van der Waals surface area (Å²) in [4.78, 5) is 24.4. The molecule has 5 rings (SSSR count). The fourth-order valence-electron chi connectivity index (χ4n) is 3.63. The molecule has 2 aliphatic rings. The number of thiophene rings is 1. The maximum Gasteiger partial charge on any atom is 0.338 e. The van der Waals surface area contributed by atoms with Crippen molar-refractivity contribution >= 4 is 45.9 Å². The molecule has 10 nitrogen and oxygen atoms in total. The van der Waals surface area contributed by atoms with Gasteiger partial charge in [0.15, 0.2) is 11.8 Å². The van der Waals surface area contributed by atoms with E-state index in [4.69, 9.17) is 30.5 Å². The van der Waals surface area contributed by atoms with Crippen LogP contribution in [0.2, 0.25) is 5.02 Å². The molecule has 3 aromatic rings. The topological polar surface area (TPSA) is 128 Å². The molecule has 0 amide bonds. The van der Waals surface area contributed by atoms with E-state index in [0.717, 1.165) is 4.88 Å². The Bertz CT molecular complexity index is 1120. The van der Waals surface area contributed by atoms with Crippen LogP contribution in [0.4, 0.5) is 5.82 Å². The van der Waals surface area contributed by atoms with Crippen LogP contribution in [0.3, 0.4) is 0 Å². The third-order valence-corrected chi connectivity index (χ3v) is 6.38. The van der Waals surface area contributed by atoms with E-state index in [0.29, 0.717) is 40.7 Å². The number of ether oxygens (including phenoxy) is 4. The predicted octanol–water partition coefficient (Wildman–Crippen LogP) is 1.98. The molecule has 0 radical (unpaired) electrons. The number of aliphatic hydroxyl groups is 1. The summed E-state index contributed by atoms with van der Waals surface area (Å²) in [6, 6.07) is 3.75. The highest BCUT2D eigenvalue weighted by Gasteiger charge is 2.48. The van der Waals surface area contributed by atoms with Crippen LogP contribution in [-0.4, -0.2) is 70.8 Å². The molecule has 2 unspecified atom stereocenters. The molecule has 2 aliphatic heterocycles. The number of esters is 1. The first-order chi connectivity index (χ1) is 15.0. The van der Waals surface area contributed by atoms with Crippen LogP contribution < -0.4 is 10.1 Å². The van der Waals surface area contributed by atoms with Gasteiger partial charge in [-0.3, -0.25) is 0 Å². The Hall–Kier alpha value is -2.44. The monoisotopic (exact) mass is 466 g/mol. The zero-order chi connectivity index (χ0) is 21.5. The normalized spacial score (nSPS) is 25.0. The fraction of sp³-hybridized carbons (Fsp3) is 0.421. The number of aliphatic hydroxyl groups excluding tert-OH is 1. The highest BCUT2D eigenvalue weighted by molar-refractivity contribution is 7.10. The number of hydrogen-bond donors (Lipinski definition) is 3. The number of nitrogens with zero attached hydrogens (tertiary/aromatic N) is 2. The van der Waals surface area contributed by atoms with Gasteiger partial charge in [0.1, 0.15) is 24.1 Å². The zero-order valence-corrected chi connectivity index (χ0v) is 17.9. The van der Waals surface area contributed by atoms with Gasteiger partial charge >= 0.3 is 5.97 Å². The van der Waals surface area contributed by atoms with Gasteiger partial charge in [-0.15, -0.1) is 11.3 Å². The number of hydrogen-bond acceptors (Lipinski definition) is 10. The summed E-state index contributed by atoms with van der Waals surface area (Å²) in [7, 11) is 1.35. The summed E-state index contributed by atoms with van der Waals surface area (Å²) in [6.45, 7) is 0.974. The lowest BCUT2D eigenvalue weighted by Crippen LogP contribution is -2.34. The number of anilines is 1. The van der Waals surface area contributed by atoms with Gasteiger partial charge in [0.25, 0.3) is 6.01 Å². The van der Waals surface area contributed by atoms with Gasteiger partial charge < -0.3 is 34.4 Å². The molecule has 5 heterocycles. The standard InChI is InChI=1S/C19H19ClN4O6S/c1-27-18(26)8-2-9(31-7-8)4-21-16-10(20)3-11-17(23-16)24-19(22-11)30-13-6-29-14-12(25)5-28-15(13)14/h2-3,7,12-15,25H,4-6H2,1H3,(H2,21,22,23,24)/t12-,13-,14?,15?/m1/s1. The molecule has 3 aromatic heterocycles. The molecule has 164 valence electrons. The number of methoxy groups -OCH3 is 1. The van der Waals surface area contributed by atoms with Crippen LogP contribution >= 0.6 is 22.9 Å². The Morgan fingerprint density at radius 2 is 2.19 bits per heavy atom. The maximum atomic E-state index is 11.6. The number of imidazole rings is 1. The second-order valence-corrected chi connectivity index (χ2v) is 8.60. The Morgan fingerprint density at radius 3 is 3.03 bits per heavy atom. The molecule has 0 aromatic carbocycles. The molecule has 0 aliphatic carbocycles. The SMILES string of the molecule is COC(=O)c1csc(CNc2nc3nc(O[C@@H]4COC5C4OC[C@H]5O)[nH]c3cc2Cl)c1. The van der Waals surface area contributed by atoms with Crippen molar-refractivity contribution in [3.8, 4) is 6.01 Å². The Labute approximate surface area is 185 Å². The summed E-state index contributed by atoms with van der Waals surface area (Å²) in [5.41, 5.74) is 1.56. The van der Waals surface area contributed by atoms with Crippen molar-refractivity contribution in [1.82, 2.24) is 15.0 Å². The number of halogens is 1. The quantitative estimate of drug-likeness (QED) is 0.467. The Balaban J connectivity index is 1.28. The lowest BCUT2D eigenvalue weighted by atomic mass is 10.1. The number of carbonyl (C=O) groups is 1. The Kier molecular flexibility index (Phi) is 5.44. The van der Waals surface area contributed by atoms with E-state index in [1.54, 1.807) is 17.5 Å². The van der Waals surface area contributed by atoms with E-state index in [-0.39, 0.29) is 36.9 Å². The van der Waals surface area contributed by atoms with Gasteiger partial charge in [0, 0.05) is 10.3 Å². The van der Waals surface area contributed by atoms with E-state index in [9.17, 15) is 9.90 Å². The number of fused-ring (bicyclic) bond motifs is 2. The van der Waals surface area contributed by atoms with Gasteiger partial charge in [-0.2, -0.15) is 4.98 Å². The van der Waals surface area contributed by atoms with Gasteiger partial charge in [-0.1, -0.05) is 11.6 Å². The molecule has 0 saturated carbocycles. The van der Waals surface area contributed by atoms with Crippen LogP contribution in [0.15, 0.2) is 17.5 Å². The number of aromatic nitrogens is 3. The van der Waals surface area contributed by atoms with E-state index >= 15 is 0 Å². The second-order valence-electron chi connectivity index (χ2n) is 7.20. The van der Waals surface area contributed by atoms with Crippen LogP contribution in [0.25, 0.3) is 11.2 Å². The van der Waals surface area contributed by atoms with Gasteiger partial charge in [0.05, 0.1) is 43.0 Å². The van der Waals surface area contributed by atoms with Gasteiger partial charge in [-0.25, -0.2) is 9.78 Å². The number of pyridine rings is 1. The van der Waals surface area contributed by atoms with Crippen LogP contribution in [-0.2, 0) is 20.8 Å². The third kappa shape index (κ3) is 3.94. The molecule has 0 spiro atoms. The highest BCUT2D eigenvalue weighted by Crippen LogP contribution is 2.31. The van der Waals surface area contributed by atoms with E-state index in [1.807, 2.05) is 0 Å². The van der Waals surface area contributed by atoms with E-state index in [1.165, 1.54) is 18.4 Å². The van der Waals surface area contributed by atoms with Crippen molar-refractivity contribution in [1.29, 1.82) is 0 Å². The zero-order valence-electron chi connectivity index (χ0n) is 16.3. The smallest absolute Gasteiger partial charge is 0.338 e. The highest BCUT2D eigenvalue weighted by atomic mass is 35.5. The van der Waals surface area contributed by atoms with Crippen molar-refractivity contribution in [2.24, 2.45) is 0 Å². The lowest BCUT2D eigenvalue weighted by molar-refractivity contribution is 0.00706. The number of rotatable bonds is 6. The number of nitrogens with one attached hydrogen (secondary N) is 2. The Morgan fingerprint density at radius 1 is 1.35 bits per heavy atom. The summed E-state index contributed by atoms with van der Waals surface area (Å²) in [6.07, 6.45) is -1.73. The molecule has 2 fully saturated rings. The van der Waals surface area contributed by atoms with Crippen molar-refractivity contribution < 1.29 is 28.8 Å². The van der Waals surface area contributed by atoms with Gasteiger partial charge in [0.2, 0.25) is 0 Å². The fourth-order valence-corrected chi connectivity index (χ4v) is 4.64. The first-order valence-corrected chi connectivity index (χ1v) is 10.8. The maximum absolute atomic E-state index is 11.6. The van der Waals surface area contributed by atoms with Crippen LogP contribution in [0.1, 0.15) is 15.2 Å². The molecule has 0 bridgehead atoms. The van der Waals surface area contributed by atoms with Crippen molar-refractivity contribution in [2.75, 3.05) is 25.6 Å². The third-order valence-electron chi connectivity index (χ3n) is 5.15. The number of carbonyl (C=O) groups excluding carboxylic acids is 1. The van der Waals surface area contributed by atoms with E-state index < -0.39 is 6.10 Å². The molecule has 12 heteroatoms. The van der Waals surface area contributed by atoms with Crippen molar-refractivity contribution in [3.63, 3.8) is 0 Å². The minimum absolute atomic E-state index is 0.229. The molecule has 4 atom stereocenters. The molecule has 3 N–H and O–H groups in total.